The Labute approximate surface area is 153 Å². The number of carbonyl (C=O) groups is 1. The molecule has 1 aromatic heterocycles. The second-order valence-corrected chi connectivity index (χ2v) is 6.26. The lowest BCUT2D eigenvalue weighted by molar-refractivity contribution is -0.140. The van der Waals surface area contributed by atoms with Crippen LogP contribution in [-0.2, 0) is 22.7 Å². The van der Waals surface area contributed by atoms with Crippen molar-refractivity contribution in [3.63, 3.8) is 0 Å². The second-order valence-electron chi connectivity index (χ2n) is 6.26. The topological polar surface area (TPSA) is 44.1 Å². The van der Waals surface area contributed by atoms with Crippen LogP contribution in [0.5, 0.6) is 0 Å². The first-order valence-electron chi connectivity index (χ1n) is 8.54. The number of hydrogen-bond acceptors (Lipinski definition) is 3. The molecule has 0 radical (unpaired) electrons. The van der Waals surface area contributed by atoms with Gasteiger partial charge in [-0.3, -0.25) is 0 Å². The van der Waals surface area contributed by atoms with Crippen LogP contribution < -0.4 is 0 Å². The van der Waals surface area contributed by atoms with Gasteiger partial charge in [0.2, 0.25) is 0 Å². The van der Waals surface area contributed by atoms with Gasteiger partial charge in [-0.25, -0.2) is 9.78 Å². The molecule has 2 aromatic carbocycles. The summed E-state index contributed by atoms with van der Waals surface area (Å²) in [6.07, 6.45) is 0. The maximum absolute atomic E-state index is 11.7. The smallest absolute Gasteiger partial charge is 0.333 e. The molecule has 0 spiro atoms. The Morgan fingerprint density at radius 2 is 1.69 bits per heavy atom. The van der Waals surface area contributed by atoms with Crippen molar-refractivity contribution in [3.8, 4) is 11.4 Å². The molecule has 0 fully saturated rings. The standard InChI is InChI=1S/C22H22N2O2/c1-16(2)22(25)26-15-20-17(3)24(14-18-10-6-4-7-11-18)21(23-20)19-12-8-5-9-13-19/h4-13H,1,14-15H2,2-3H3. The van der Waals surface area contributed by atoms with Crippen LogP contribution in [0, 0.1) is 6.92 Å². The van der Waals surface area contributed by atoms with Gasteiger partial charge in [-0.05, 0) is 19.4 Å². The molecular weight excluding hydrogens is 324 g/mol. The molecule has 4 nitrogen and oxygen atoms in total. The van der Waals surface area contributed by atoms with Crippen molar-refractivity contribution >= 4 is 5.97 Å². The lowest BCUT2D eigenvalue weighted by Crippen LogP contribution is -2.07. The Balaban J connectivity index is 1.97. The van der Waals surface area contributed by atoms with E-state index in [1.165, 1.54) is 5.56 Å². The molecule has 4 heteroatoms. The fourth-order valence-electron chi connectivity index (χ4n) is 2.74. The number of benzene rings is 2. The minimum absolute atomic E-state index is 0.138. The molecule has 0 saturated carbocycles. The summed E-state index contributed by atoms with van der Waals surface area (Å²) >= 11 is 0. The Kier molecular flexibility index (Phi) is 5.32. The molecule has 0 N–H and O–H groups in total. The number of rotatable bonds is 6. The van der Waals surface area contributed by atoms with E-state index in [1.54, 1.807) is 6.92 Å². The number of ether oxygens (including phenoxy) is 1. The van der Waals surface area contributed by atoms with Gasteiger partial charge in [0.05, 0.1) is 5.69 Å². The Bertz CT molecular complexity index is 912. The molecule has 3 rings (SSSR count). The van der Waals surface area contributed by atoms with Crippen LogP contribution in [0.25, 0.3) is 11.4 Å². The maximum atomic E-state index is 11.7. The highest BCUT2D eigenvalue weighted by molar-refractivity contribution is 5.86. The van der Waals surface area contributed by atoms with Crippen molar-refractivity contribution in [2.75, 3.05) is 0 Å². The van der Waals surface area contributed by atoms with Crippen molar-refractivity contribution in [2.24, 2.45) is 0 Å². The van der Waals surface area contributed by atoms with Crippen LogP contribution in [0.1, 0.15) is 23.9 Å². The fourth-order valence-corrected chi connectivity index (χ4v) is 2.74. The summed E-state index contributed by atoms with van der Waals surface area (Å²) in [6.45, 7) is 8.10. The highest BCUT2D eigenvalue weighted by atomic mass is 16.5. The summed E-state index contributed by atoms with van der Waals surface area (Å²) in [6, 6.07) is 20.3. The lowest BCUT2D eigenvalue weighted by atomic mass is 10.2. The summed E-state index contributed by atoms with van der Waals surface area (Å²) in [4.78, 5) is 16.5. The van der Waals surface area contributed by atoms with E-state index in [-0.39, 0.29) is 6.61 Å². The van der Waals surface area contributed by atoms with Gasteiger partial charge < -0.3 is 9.30 Å². The molecule has 0 aliphatic rings. The summed E-state index contributed by atoms with van der Waals surface area (Å²) < 4.78 is 7.47. The lowest BCUT2D eigenvalue weighted by Gasteiger charge is -2.11. The monoisotopic (exact) mass is 346 g/mol. The van der Waals surface area contributed by atoms with Gasteiger partial charge in [0, 0.05) is 23.4 Å². The minimum atomic E-state index is -0.400. The van der Waals surface area contributed by atoms with Crippen molar-refractivity contribution in [1.29, 1.82) is 0 Å². The van der Waals surface area contributed by atoms with Crippen molar-refractivity contribution < 1.29 is 9.53 Å². The van der Waals surface area contributed by atoms with Crippen molar-refractivity contribution in [1.82, 2.24) is 9.55 Å². The molecule has 0 amide bonds. The maximum Gasteiger partial charge on any atom is 0.333 e. The van der Waals surface area contributed by atoms with E-state index in [9.17, 15) is 4.79 Å². The molecule has 0 bridgehead atoms. The number of aromatic nitrogens is 2. The van der Waals surface area contributed by atoms with Gasteiger partial charge in [-0.1, -0.05) is 67.2 Å². The normalized spacial score (nSPS) is 10.5. The molecule has 0 atom stereocenters. The SMILES string of the molecule is C=C(C)C(=O)OCc1nc(-c2ccccc2)n(Cc2ccccc2)c1C. The van der Waals surface area contributed by atoms with Crippen molar-refractivity contribution in [2.45, 2.75) is 27.0 Å². The minimum Gasteiger partial charge on any atom is -0.456 e. The van der Waals surface area contributed by atoms with E-state index in [0.717, 1.165) is 22.8 Å². The molecular formula is C22H22N2O2. The van der Waals surface area contributed by atoms with Crippen LogP contribution in [-0.4, -0.2) is 15.5 Å². The summed E-state index contributed by atoms with van der Waals surface area (Å²) in [7, 11) is 0. The third-order valence-electron chi connectivity index (χ3n) is 4.22. The van der Waals surface area contributed by atoms with E-state index >= 15 is 0 Å². The first-order chi connectivity index (χ1) is 12.6. The van der Waals surface area contributed by atoms with Gasteiger partial charge >= 0.3 is 5.97 Å². The van der Waals surface area contributed by atoms with E-state index in [2.05, 4.69) is 23.3 Å². The van der Waals surface area contributed by atoms with E-state index in [0.29, 0.717) is 12.1 Å². The van der Waals surface area contributed by atoms with E-state index in [4.69, 9.17) is 9.72 Å². The molecule has 26 heavy (non-hydrogen) atoms. The predicted octanol–water partition coefficient (Wildman–Crippen LogP) is 4.53. The average molecular weight is 346 g/mol. The third-order valence-corrected chi connectivity index (χ3v) is 4.22. The average Bonchev–Trinajstić information content (AvgIpc) is 2.97. The van der Waals surface area contributed by atoms with Gasteiger partial charge in [-0.15, -0.1) is 0 Å². The highest BCUT2D eigenvalue weighted by Crippen LogP contribution is 2.24. The number of nitrogens with zero attached hydrogens (tertiary/aromatic N) is 2. The molecule has 1 heterocycles. The molecule has 0 aliphatic carbocycles. The highest BCUT2D eigenvalue weighted by Gasteiger charge is 2.17. The summed E-state index contributed by atoms with van der Waals surface area (Å²) in [5.41, 5.74) is 4.35. The number of imidazole rings is 1. The second kappa shape index (κ2) is 7.83. The zero-order valence-corrected chi connectivity index (χ0v) is 15.1. The zero-order valence-electron chi connectivity index (χ0n) is 15.1. The predicted molar refractivity (Wildman–Crippen MR) is 103 cm³/mol. The first kappa shape index (κ1) is 17.7. The number of esters is 1. The quantitative estimate of drug-likeness (QED) is 0.487. The molecule has 0 saturated heterocycles. The van der Waals surface area contributed by atoms with Crippen LogP contribution in [0.4, 0.5) is 0 Å². The summed E-state index contributed by atoms with van der Waals surface area (Å²) in [5.74, 6) is 0.469. The Morgan fingerprint density at radius 3 is 2.31 bits per heavy atom. The molecule has 132 valence electrons. The zero-order chi connectivity index (χ0) is 18.5. The van der Waals surface area contributed by atoms with Gasteiger partial charge in [0.15, 0.2) is 0 Å². The van der Waals surface area contributed by atoms with Crippen LogP contribution >= 0.6 is 0 Å². The van der Waals surface area contributed by atoms with Gasteiger partial charge in [0.25, 0.3) is 0 Å². The van der Waals surface area contributed by atoms with E-state index in [1.807, 2.05) is 55.5 Å². The fraction of sp³-hybridized carbons (Fsp3) is 0.182. The molecule has 0 aliphatic heterocycles. The molecule has 3 aromatic rings. The molecule has 0 unspecified atom stereocenters. The van der Waals surface area contributed by atoms with Crippen LogP contribution in [0.15, 0.2) is 72.8 Å². The number of hydrogen-bond donors (Lipinski definition) is 0. The largest absolute Gasteiger partial charge is 0.456 e. The Hall–Kier alpha value is -3.14. The van der Waals surface area contributed by atoms with Crippen LogP contribution in [0.3, 0.4) is 0 Å². The third kappa shape index (κ3) is 3.91. The first-order valence-corrected chi connectivity index (χ1v) is 8.54. The summed E-state index contributed by atoms with van der Waals surface area (Å²) in [5, 5.41) is 0. The van der Waals surface area contributed by atoms with Gasteiger partial charge in [0.1, 0.15) is 12.4 Å². The van der Waals surface area contributed by atoms with Crippen LogP contribution in [0.2, 0.25) is 0 Å². The van der Waals surface area contributed by atoms with Gasteiger partial charge in [-0.2, -0.15) is 0 Å². The van der Waals surface area contributed by atoms with E-state index < -0.39 is 5.97 Å². The Morgan fingerprint density at radius 1 is 1.08 bits per heavy atom. The van der Waals surface area contributed by atoms with Crippen molar-refractivity contribution in [3.05, 3.63) is 89.8 Å². The number of carbonyl (C=O) groups excluding carboxylic acids is 1.